The third-order valence-electron chi connectivity index (χ3n) is 14.1. The van der Waals surface area contributed by atoms with Crippen molar-refractivity contribution < 1.29 is 4.42 Å². The van der Waals surface area contributed by atoms with Gasteiger partial charge >= 0.3 is 0 Å². The number of rotatable bonds is 7. The molecular weight excluding hydrogens is 853 g/mol. The Morgan fingerprint density at radius 2 is 0.829 bits per heavy atom. The van der Waals surface area contributed by atoms with Crippen molar-refractivity contribution in [1.82, 2.24) is 19.1 Å². The number of furan rings is 1. The zero-order chi connectivity index (χ0) is 46.3. The van der Waals surface area contributed by atoms with E-state index in [1.165, 1.54) is 43.7 Å². The molecule has 0 aliphatic heterocycles. The molecule has 328 valence electrons. The Labute approximate surface area is 403 Å². The fourth-order valence-electron chi connectivity index (χ4n) is 10.8. The predicted molar refractivity (Wildman–Crippen MR) is 290 cm³/mol. The second-order valence-corrected chi connectivity index (χ2v) is 18.2. The van der Waals surface area contributed by atoms with Gasteiger partial charge in [-0.25, -0.2) is 9.97 Å². The molecule has 0 fully saturated rings. The summed E-state index contributed by atoms with van der Waals surface area (Å²) in [5.41, 5.74) is 19.0. The first-order valence-electron chi connectivity index (χ1n) is 23.8. The molecule has 0 spiro atoms. The van der Waals surface area contributed by atoms with Crippen molar-refractivity contribution in [2.45, 2.75) is 6.92 Å². The molecule has 10 aromatic carbocycles. The van der Waals surface area contributed by atoms with E-state index in [2.05, 4.69) is 241 Å². The monoisotopic (exact) mass is 894 g/mol. The normalized spacial score (nSPS) is 11.8. The highest BCUT2D eigenvalue weighted by Gasteiger charge is 2.20. The van der Waals surface area contributed by atoms with E-state index < -0.39 is 0 Å². The topological polar surface area (TPSA) is 48.8 Å². The molecule has 0 bridgehead atoms. The highest BCUT2D eigenvalue weighted by Crippen LogP contribution is 2.42. The number of para-hydroxylation sites is 4. The average Bonchev–Trinajstić information content (AvgIpc) is 4.09. The minimum Gasteiger partial charge on any atom is -0.455 e. The van der Waals surface area contributed by atoms with Crippen LogP contribution >= 0.6 is 0 Å². The quantitative estimate of drug-likeness (QED) is 0.160. The molecule has 0 saturated heterocycles. The summed E-state index contributed by atoms with van der Waals surface area (Å²) in [5, 5.41) is 7.05. The number of nitrogens with zero attached hydrogens (tertiary/aromatic N) is 4. The molecule has 5 nitrogen and oxygen atoms in total. The Morgan fingerprint density at radius 3 is 1.46 bits per heavy atom. The van der Waals surface area contributed by atoms with Crippen LogP contribution < -0.4 is 0 Å². The summed E-state index contributed by atoms with van der Waals surface area (Å²) in [6, 6.07) is 84.3. The highest BCUT2D eigenvalue weighted by molar-refractivity contribution is 6.14. The maximum absolute atomic E-state index is 6.81. The fourth-order valence-corrected chi connectivity index (χ4v) is 10.8. The Kier molecular flexibility index (Phi) is 9.04. The third-order valence-corrected chi connectivity index (χ3v) is 14.1. The Bertz CT molecular complexity index is 4290. The van der Waals surface area contributed by atoms with Crippen molar-refractivity contribution >= 4 is 65.6 Å². The lowest BCUT2D eigenvalue weighted by molar-refractivity contribution is 0.670. The molecule has 14 aromatic rings. The van der Waals surface area contributed by atoms with Crippen molar-refractivity contribution in [3.63, 3.8) is 0 Å². The van der Waals surface area contributed by atoms with Gasteiger partial charge in [-0.1, -0.05) is 164 Å². The van der Waals surface area contributed by atoms with Crippen LogP contribution in [-0.4, -0.2) is 19.1 Å². The van der Waals surface area contributed by atoms with Gasteiger partial charge in [0.25, 0.3) is 0 Å². The molecule has 0 N–H and O–H groups in total. The molecule has 70 heavy (non-hydrogen) atoms. The van der Waals surface area contributed by atoms with Crippen molar-refractivity contribution in [2.75, 3.05) is 0 Å². The second kappa shape index (κ2) is 15.9. The molecular formula is C65H42N4O. The van der Waals surface area contributed by atoms with Crippen LogP contribution in [0.4, 0.5) is 0 Å². The standard InChI is InChI=1S/C65H42N4O/c1-41-62(42-17-5-2-6-18-42)66-65(67-63(41)43-19-7-3-8-20-43)47-22-15-21-46(37-47)50-27-16-28-53-56-40-49(33-36-61(56)70-64(50)53)69-58-30-14-12-26-52(58)55-39-45(32-35-60(55)69)44-31-34-59-54(38-44)51-25-11-13-29-57(51)68(59)48-23-9-4-10-24-48/h2-40H,1H3. The van der Waals surface area contributed by atoms with Crippen LogP contribution in [0.25, 0.3) is 133 Å². The smallest absolute Gasteiger partial charge is 0.160 e. The van der Waals surface area contributed by atoms with Gasteiger partial charge in [0.1, 0.15) is 11.2 Å². The molecule has 5 heteroatoms. The van der Waals surface area contributed by atoms with Crippen LogP contribution in [0.15, 0.2) is 241 Å². The van der Waals surface area contributed by atoms with Crippen molar-refractivity contribution in [2.24, 2.45) is 0 Å². The fraction of sp³-hybridized carbons (Fsp3) is 0.0154. The Hall–Kier alpha value is -9.32. The third kappa shape index (κ3) is 6.33. The minimum absolute atomic E-state index is 0.679. The van der Waals surface area contributed by atoms with Crippen molar-refractivity contribution in [3.8, 4) is 67.5 Å². The first-order chi connectivity index (χ1) is 34.6. The average molecular weight is 895 g/mol. The number of hydrogen-bond donors (Lipinski definition) is 0. The number of fused-ring (bicyclic) bond motifs is 9. The lowest BCUT2D eigenvalue weighted by atomic mass is 9.98. The van der Waals surface area contributed by atoms with E-state index in [0.717, 1.165) is 89.1 Å². The van der Waals surface area contributed by atoms with E-state index in [0.29, 0.717) is 5.82 Å². The SMILES string of the molecule is Cc1c(-c2ccccc2)nc(-c2cccc(-c3cccc4c3oc3ccc(-n5c6ccccc6c6cc(-c7ccc8c(c7)c7ccccc7n8-c7ccccc7)ccc65)cc34)c2)nc1-c1ccccc1. The molecule has 0 saturated carbocycles. The first kappa shape index (κ1) is 39.8. The van der Waals surface area contributed by atoms with Crippen molar-refractivity contribution in [1.29, 1.82) is 0 Å². The van der Waals surface area contributed by atoms with Gasteiger partial charge in [0.2, 0.25) is 0 Å². The summed E-state index contributed by atoms with van der Waals surface area (Å²) in [4.78, 5) is 10.4. The van der Waals surface area contributed by atoms with Crippen LogP contribution in [0.3, 0.4) is 0 Å². The maximum Gasteiger partial charge on any atom is 0.160 e. The Balaban J connectivity index is 0.864. The summed E-state index contributed by atoms with van der Waals surface area (Å²) in [6.07, 6.45) is 0. The number of aromatic nitrogens is 4. The van der Waals surface area contributed by atoms with Gasteiger partial charge in [0, 0.05) is 71.5 Å². The summed E-state index contributed by atoms with van der Waals surface area (Å²) in [5.74, 6) is 0.679. The molecule has 0 amide bonds. The number of benzene rings is 10. The van der Waals surface area contributed by atoms with Crippen LogP contribution in [0, 0.1) is 6.92 Å². The molecule has 14 rings (SSSR count). The lowest BCUT2D eigenvalue weighted by Crippen LogP contribution is -2.00. The van der Waals surface area contributed by atoms with E-state index in [1.54, 1.807) is 0 Å². The van der Waals surface area contributed by atoms with E-state index >= 15 is 0 Å². The maximum atomic E-state index is 6.81. The number of hydrogen-bond acceptors (Lipinski definition) is 3. The zero-order valence-electron chi connectivity index (χ0n) is 38.2. The molecule has 4 heterocycles. The van der Waals surface area contributed by atoms with Crippen LogP contribution in [0.1, 0.15) is 5.56 Å². The van der Waals surface area contributed by atoms with Gasteiger partial charge in [0.15, 0.2) is 5.82 Å². The molecule has 0 aliphatic carbocycles. The van der Waals surface area contributed by atoms with Gasteiger partial charge < -0.3 is 13.6 Å². The van der Waals surface area contributed by atoms with Gasteiger partial charge in [-0.3, -0.25) is 0 Å². The Morgan fingerprint density at radius 1 is 0.329 bits per heavy atom. The van der Waals surface area contributed by atoms with E-state index in [4.69, 9.17) is 14.4 Å². The summed E-state index contributed by atoms with van der Waals surface area (Å²) in [7, 11) is 0. The minimum atomic E-state index is 0.679. The first-order valence-corrected chi connectivity index (χ1v) is 23.8. The van der Waals surface area contributed by atoms with E-state index in [1.807, 2.05) is 12.1 Å². The second-order valence-electron chi connectivity index (χ2n) is 18.2. The van der Waals surface area contributed by atoms with E-state index in [-0.39, 0.29) is 0 Å². The van der Waals surface area contributed by atoms with Crippen molar-refractivity contribution in [3.05, 3.63) is 242 Å². The van der Waals surface area contributed by atoms with Crippen LogP contribution in [0.2, 0.25) is 0 Å². The zero-order valence-corrected chi connectivity index (χ0v) is 38.2. The molecule has 0 aliphatic rings. The largest absolute Gasteiger partial charge is 0.455 e. The lowest BCUT2D eigenvalue weighted by Gasteiger charge is -2.14. The van der Waals surface area contributed by atoms with Gasteiger partial charge in [-0.05, 0) is 96.4 Å². The van der Waals surface area contributed by atoms with Crippen LogP contribution in [-0.2, 0) is 0 Å². The summed E-state index contributed by atoms with van der Waals surface area (Å²) >= 11 is 0. The highest BCUT2D eigenvalue weighted by atomic mass is 16.3. The van der Waals surface area contributed by atoms with Gasteiger partial charge in [0.05, 0.1) is 33.5 Å². The van der Waals surface area contributed by atoms with E-state index in [9.17, 15) is 0 Å². The molecule has 0 unspecified atom stereocenters. The van der Waals surface area contributed by atoms with Gasteiger partial charge in [-0.15, -0.1) is 0 Å². The van der Waals surface area contributed by atoms with Gasteiger partial charge in [-0.2, -0.15) is 0 Å². The molecule has 4 aromatic heterocycles. The predicted octanol–water partition coefficient (Wildman–Crippen LogP) is 17.2. The molecule has 0 atom stereocenters. The summed E-state index contributed by atoms with van der Waals surface area (Å²) < 4.78 is 11.6. The van der Waals surface area contributed by atoms with Crippen LogP contribution in [0.5, 0.6) is 0 Å². The summed E-state index contributed by atoms with van der Waals surface area (Å²) in [6.45, 7) is 2.12. The molecule has 0 radical (unpaired) electrons.